The number of nitrogens with zero attached hydrogens (tertiary/aromatic N) is 3. The standard InChI is InChI=1S/C17H14ClN5O2S2/c18-11-3-1-10(2-4-11)13-9-26-15(21-13)22-14(24)7-12-8-27-17(20-12)23-6-5-19-16(23)25/h1-4,8-9H,5-7H2,(H,19,25)(H,21,22,24). The van der Waals surface area contributed by atoms with Crippen LogP contribution in [0.1, 0.15) is 5.69 Å². The number of carbonyl (C=O) groups is 2. The number of benzene rings is 1. The molecule has 1 aromatic carbocycles. The lowest BCUT2D eigenvalue weighted by atomic mass is 10.2. The summed E-state index contributed by atoms with van der Waals surface area (Å²) in [4.78, 5) is 34.3. The van der Waals surface area contributed by atoms with Crippen molar-refractivity contribution in [3.05, 3.63) is 45.7 Å². The number of hydrogen-bond acceptors (Lipinski definition) is 6. The first-order chi connectivity index (χ1) is 13.1. The molecule has 3 aromatic rings. The highest BCUT2D eigenvalue weighted by Crippen LogP contribution is 2.26. The van der Waals surface area contributed by atoms with Gasteiger partial charge in [-0.3, -0.25) is 9.69 Å². The van der Waals surface area contributed by atoms with Gasteiger partial charge in [0.05, 0.1) is 17.8 Å². The molecule has 0 saturated carbocycles. The molecule has 3 amide bonds. The molecule has 0 spiro atoms. The van der Waals surface area contributed by atoms with Gasteiger partial charge >= 0.3 is 6.03 Å². The van der Waals surface area contributed by atoms with Crippen molar-refractivity contribution in [1.29, 1.82) is 0 Å². The van der Waals surface area contributed by atoms with Crippen molar-refractivity contribution < 1.29 is 9.59 Å². The summed E-state index contributed by atoms with van der Waals surface area (Å²) in [5.41, 5.74) is 2.34. The van der Waals surface area contributed by atoms with Gasteiger partial charge in [-0.2, -0.15) is 0 Å². The molecular weight excluding hydrogens is 406 g/mol. The third-order valence-corrected chi connectivity index (χ3v) is 5.78. The molecule has 10 heteroatoms. The maximum atomic E-state index is 12.3. The van der Waals surface area contributed by atoms with Gasteiger partial charge < -0.3 is 10.6 Å². The van der Waals surface area contributed by atoms with E-state index in [-0.39, 0.29) is 18.4 Å². The summed E-state index contributed by atoms with van der Waals surface area (Å²) in [5.74, 6) is -0.199. The van der Waals surface area contributed by atoms with E-state index >= 15 is 0 Å². The van der Waals surface area contributed by atoms with E-state index in [0.717, 1.165) is 11.3 Å². The summed E-state index contributed by atoms with van der Waals surface area (Å²) in [6.45, 7) is 1.19. The third kappa shape index (κ3) is 4.10. The monoisotopic (exact) mass is 419 g/mol. The third-order valence-electron chi connectivity index (χ3n) is 3.86. The minimum atomic E-state index is -0.199. The van der Waals surface area contributed by atoms with Crippen molar-refractivity contribution in [3.63, 3.8) is 0 Å². The van der Waals surface area contributed by atoms with Crippen LogP contribution in [-0.4, -0.2) is 35.0 Å². The highest BCUT2D eigenvalue weighted by atomic mass is 35.5. The molecule has 1 aliphatic rings. The van der Waals surface area contributed by atoms with Crippen LogP contribution in [0.2, 0.25) is 5.02 Å². The van der Waals surface area contributed by atoms with Crippen LogP contribution in [0.4, 0.5) is 15.1 Å². The van der Waals surface area contributed by atoms with Gasteiger partial charge in [-0.15, -0.1) is 22.7 Å². The van der Waals surface area contributed by atoms with Crippen molar-refractivity contribution >= 4 is 56.5 Å². The van der Waals surface area contributed by atoms with E-state index < -0.39 is 0 Å². The van der Waals surface area contributed by atoms with Gasteiger partial charge in [-0.1, -0.05) is 23.7 Å². The van der Waals surface area contributed by atoms with Gasteiger partial charge in [-0.05, 0) is 12.1 Å². The van der Waals surface area contributed by atoms with E-state index in [9.17, 15) is 9.59 Å². The molecule has 3 heterocycles. The minimum Gasteiger partial charge on any atom is -0.336 e. The fourth-order valence-corrected chi connectivity index (χ4v) is 4.28. The van der Waals surface area contributed by atoms with E-state index in [1.54, 1.807) is 22.4 Å². The lowest BCUT2D eigenvalue weighted by Crippen LogP contribution is -2.27. The maximum Gasteiger partial charge on any atom is 0.323 e. The summed E-state index contributed by atoms with van der Waals surface area (Å²) >= 11 is 8.61. The van der Waals surface area contributed by atoms with Gasteiger partial charge in [0.25, 0.3) is 0 Å². The number of aromatic nitrogens is 2. The Morgan fingerprint density at radius 2 is 2.04 bits per heavy atom. The van der Waals surface area contributed by atoms with Crippen molar-refractivity contribution in [2.24, 2.45) is 0 Å². The number of urea groups is 1. The Hall–Kier alpha value is -2.49. The van der Waals surface area contributed by atoms with E-state index in [1.807, 2.05) is 17.5 Å². The summed E-state index contributed by atoms with van der Waals surface area (Å²) in [6.07, 6.45) is 0.127. The number of hydrogen-bond donors (Lipinski definition) is 2. The Morgan fingerprint density at radius 3 is 2.78 bits per heavy atom. The lowest BCUT2D eigenvalue weighted by molar-refractivity contribution is -0.115. The van der Waals surface area contributed by atoms with Crippen LogP contribution in [0.3, 0.4) is 0 Å². The Labute approximate surface area is 168 Å². The summed E-state index contributed by atoms with van der Waals surface area (Å²) in [6, 6.07) is 7.21. The molecule has 0 bridgehead atoms. The summed E-state index contributed by atoms with van der Waals surface area (Å²) in [5, 5.41) is 11.0. The summed E-state index contributed by atoms with van der Waals surface area (Å²) in [7, 11) is 0. The van der Waals surface area contributed by atoms with Crippen LogP contribution < -0.4 is 15.5 Å². The Kier molecular flexibility index (Phi) is 5.06. The molecule has 1 aliphatic heterocycles. The van der Waals surface area contributed by atoms with Gasteiger partial charge in [-0.25, -0.2) is 14.8 Å². The van der Waals surface area contributed by atoms with Crippen LogP contribution in [-0.2, 0) is 11.2 Å². The van der Waals surface area contributed by atoms with Crippen LogP contribution >= 0.6 is 34.3 Å². The van der Waals surface area contributed by atoms with Gasteiger partial charge in [0, 0.05) is 34.4 Å². The molecule has 2 aromatic heterocycles. The summed E-state index contributed by atoms with van der Waals surface area (Å²) < 4.78 is 0. The van der Waals surface area contributed by atoms with Crippen molar-refractivity contribution in [2.45, 2.75) is 6.42 Å². The van der Waals surface area contributed by atoms with E-state index in [2.05, 4.69) is 20.6 Å². The minimum absolute atomic E-state index is 0.127. The number of halogens is 1. The first kappa shape index (κ1) is 17.9. The van der Waals surface area contributed by atoms with Gasteiger partial charge in [0.15, 0.2) is 10.3 Å². The molecule has 0 unspecified atom stereocenters. The molecular formula is C17H14ClN5O2S2. The average molecular weight is 420 g/mol. The smallest absolute Gasteiger partial charge is 0.323 e. The fourth-order valence-electron chi connectivity index (χ4n) is 2.57. The highest BCUT2D eigenvalue weighted by molar-refractivity contribution is 7.14. The number of amides is 3. The molecule has 7 nitrogen and oxygen atoms in total. The molecule has 27 heavy (non-hydrogen) atoms. The van der Waals surface area contributed by atoms with Crippen molar-refractivity contribution in [2.75, 3.05) is 23.3 Å². The largest absolute Gasteiger partial charge is 0.336 e. The number of nitrogens with one attached hydrogen (secondary N) is 2. The van der Waals surface area contributed by atoms with Crippen LogP contribution in [0.5, 0.6) is 0 Å². The van der Waals surface area contributed by atoms with Crippen LogP contribution in [0.15, 0.2) is 35.0 Å². The molecule has 0 atom stereocenters. The first-order valence-electron chi connectivity index (χ1n) is 8.09. The van der Waals surface area contributed by atoms with Gasteiger partial charge in [0.2, 0.25) is 5.91 Å². The molecule has 2 N–H and O–H groups in total. The molecule has 138 valence electrons. The fraction of sp³-hybridized carbons (Fsp3) is 0.176. The van der Waals surface area contributed by atoms with Crippen LogP contribution in [0, 0.1) is 0 Å². The average Bonchev–Trinajstić information content (AvgIpc) is 3.37. The van der Waals surface area contributed by atoms with E-state index in [1.165, 1.54) is 22.7 Å². The number of thiazole rings is 2. The zero-order chi connectivity index (χ0) is 18.8. The number of anilines is 2. The topological polar surface area (TPSA) is 87.2 Å². The van der Waals surface area contributed by atoms with Crippen molar-refractivity contribution in [1.82, 2.24) is 15.3 Å². The molecule has 1 fully saturated rings. The second-order valence-corrected chi connectivity index (χ2v) is 7.91. The predicted octanol–water partition coefficient (Wildman–Crippen LogP) is 3.63. The normalized spacial score (nSPS) is 13.7. The first-order valence-corrected chi connectivity index (χ1v) is 10.2. The number of rotatable bonds is 5. The van der Waals surface area contributed by atoms with Crippen molar-refractivity contribution in [3.8, 4) is 11.3 Å². The molecule has 1 saturated heterocycles. The second-order valence-electron chi connectivity index (χ2n) is 5.77. The molecule has 4 rings (SSSR count). The maximum absolute atomic E-state index is 12.3. The number of carbonyl (C=O) groups excluding carboxylic acids is 2. The zero-order valence-electron chi connectivity index (χ0n) is 13.9. The van der Waals surface area contributed by atoms with E-state index in [4.69, 9.17) is 11.6 Å². The Bertz CT molecular complexity index is 985. The predicted molar refractivity (Wildman–Crippen MR) is 108 cm³/mol. The van der Waals surface area contributed by atoms with Gasteiger partial charge in [0.1, 0.15) is 0 Å². The zero-order valence-corrected chi connectivity index (χ0v) is 16.3. The van der Waals surface area contributed by atoms with Crippen LogP contribution in [0.25, 0.3) is 11.3 Å². The Balaban J connectivity index is 1.38. The van der Waals surface area contributed by atoms with E-state index in [0.29, 0.717) is 34.1 Å². The second kappa shape index (κ2) is 7.63. The lowest BCUT2D eigenvalue weighted by Gasteiger charge is -2.08. The Morgan fingerprint density at radius 1 is 1.22 bits per heavy atom. The highest BCUT2D eigenvalue weighted by Gasteiger charge is 2.24. The molecule has 0 radical (unpaired) electrons. The quantitative estimate of drug-likeness (QED) is 0.661. The SMILES string of the molecule is O=C(Cc1csc(N2CCNC2=O)n1)Nc1nc(-c2ccc(Cl)cc2)cs1. The molecule has 0 aliphatic carbocycles.